The van der Waals surface area contributed by atoms with Gasteiger partial charge in [-0.25, -0.2) is 0 Å². The van der Waals surface area contributed by atoms with E-state index in [1.54, 1.807) is 20.8 Å². The number of carbonyl (C=O) groups excluding carboxylic acids is 1. The van der Waals surface area contributed by atoms with E-state index < -0.39 is 23.2 Å². The van der Waals surface area contributed by atoms with Gasteiger partial charge in [0.15, 0.2) is 5.82 Å². The summed E-state index contributed by atoms with van der Waals surface area (Å²) in [6, 6.07) is 0. The van der Waals surface area contributed by atoms with E-state index in [0.29, 0.717) is 11.7 Å². The molecular weight excluding hydrogens is 238 g/mol. The Morgan fingerprint density at radius 1 is 1.44 bits per heavy atom. The second-order valence-electron chi connectivity index (χ2n) is 5.07. The third-order valence-electron chi connectivity index (χ3n) is 3.36. The molecule has 1 fully saturated rings. The van der Waals surface area contributed by atoms with Crippen LogP contribution in [-0.4, -0.2) is 27.1 Å². The van der Waals surface area contributed by atoms with E-state index in [2.05, 4.69) is 15.5 Å². The molecule has 0 radical (unpaired) electrons. The van der Waals surface area contributed by atoms with Gasteiger partial charge >= 0.3 is 5.97 Å². The van der Waals surface area contributed by atoms with Gasteiger partial charge in [-0.3, -0.25) is 9.59 Å². The van der Waals surface area contributed by atoms with Gasteiger partial charge in [-0.05, 0) is 12.3 Å². The molecule has 2 N–H and O–H groups in total. The second-order valence-corrected chi connectivity index (χ2v) is 5.07. The molecule has 1 amide bonds. The highest BCUT2D eigenvalue weighted by Gasteiger charge is 2.65. The smallest absolute Gasteiger partial charge is 0.307 e. The summed E-state index contributed by atoms with van der Waals surface area (Å²) in [5.74, 6) is -1.54. The lowest BCUT2D eigenvalue weighted by Gasteiger charge is -2.02. The van der Waals surface area contributed by atoms with Gasteiger partial charge in [0.25, 0.3) is 0 Å². The maximum absolute atomic E-state index is 11.9. The van der Waals surface area contributed by atoms with Crippen molar-refractivity contribution in [3.8, 4) is 0 Å². The molecule has 7 nitrogen and oxygen atoms in total. The first-order valence-corrected chi connectivity index (χ1v) is 5.63. The minimum Gasteiger partial charge on any atom is -0.481 e. The molecule has 1 aromatic heterocycles. The normalized spacial score (nSPS) is 24.6. The molecule has 0 saturated heterocycles. The van der Waals surface area contributed by atoms with Crippen molar-refractivity contribution in [1.82, 2.24) is 15.5 Å². The first-order chi connectivity index (χ1) is 8.34. The predicted molar refractivity (Wildman–Crippen MR) is 59.3 cm³/mol. The highest BCUT2D eigenvalue weighted by Crippen LogP contribution is 2.58. The number of nitrogens with one attached hydrogen (secondary N) is 1. The topological polar surface area (TPSA) is 105 Å². The quantitative estimate of drug-likeness (QED) is 0.802. The van der Waals surface area contributed by atoms with Crippen LogP contribution in [0.5, 0.6) is 0 Å². The Balaban J connectivity index is 1.92. The zero-order valence-corrected chi connectivity index (χ0v) is 10.4. The number of carboxylic acid groups (broad SMARTS) is 1. The number of aliphatic carboxylic acids is 1. The molecule has 18 heavy (non-hydrogen) atoms. The van der Waals surface area contributed by atoms with Crippen LogP contribution in [0.1, 0.15) is 25.6 Å². The van der Waals surface area contributed by atoms with Crippen LogP contribution in [0.3, 0.4) is 0 Å². The standard InChI is InChI=1S/C11H15N3O4/c1-5-13-6(18-14-5)4-12-9(15)7-8(10(16)17)11(7,2)3/h7-8H,4H2,1-3H3,(H,12,15)(H,16,17)/t7-,8+/m1/s1. The van der Waals surface area contributed by atoms with Crippen molar-refractivity contribution in [3.63, 3.8) is 0 Å². The first-order valence-electron chi connectivity index (χ1n) is 5.63. The number of carboxylic acids is 1. The van der Waals surface area contributed by atoms with E-state index in [1.807, 2.05) is 0 Å². The molecule has 0 aliphatic heterocycles. The first kappa shape index (κ1) is 12.5. The molecule has 7 heteroatoms. The third-order valence-corrected chi connectivity index (χ3v) is 3.36. The van der Waals surface area contributed by atoms with Crippen molar-refractivity contribution in [1.29, 1.82) is 0 Å². The lowest BCUT2D eigenvalue weighted by Crippen LogP contribution is -2.27. The summed E-state index contributed by atoms with van der Waals surface area (Å²) in [5, 5.41) is 15.2. The molecule has 0 spiro atoms. The average molecular weight is 253 g/mol. The van der Waals surface area contributed by atoms with Crippen molar-refractivity contribution < 1.29 is 19.2 Å². The van der Waals surface area contributed by atoms with Crippen molar-refractivity contribution in [2.75, 3.05) is 0 Å². The van der Waals surface area contributed by atoms with Crippen molar-refractivity contribution >= 4 is 11.9 Å². The van der Waals surface area contributed by atoms with Gasteiger partial charge in [-0.15, -0.1) is 0 Å². The van der Waals surface area contributed by atoms with Gasteiger partial charge in [-0.1, -0.05) is 19.0 Å². The summed E-state index contributed by atoms with van der Waals surface area (Å²) >= 11 is 0. The number of hydrogen-bond acceptors (Lipinski definition) is 5. The van der Waals surface area contributed by atoms with Crippen LogP contribution in [0.15, 0.2) is 4.52 Å². The van der Waals surface area contributed by atoms with Crippen LogP contribution < -0.4 is 5.32 Å². The molecular formula is C11H15N3O4. The Morgan fingerprint density at radius 3 is 2.56 bits per heavy atom. The predicted octanol–water partition coefficient (Wildman–Crippen LogP) is 0.351. The highest BCUT2D eigenvalue weighted by atomic mass is 16.5. The zero-order valence-electron chi connectivity index (χ0n) is 10.4. The van der Waals surface area contributed by atoms with Gasteiger partial charge in [0.05, 0.1) is 18.4 Å². The fourth-order valence-corrected chi connectivity index (χ4v) is 2.27. The SMILES string of the molecule is Cc1noc(CNC(=O)[C@H]2[C@@H](C(=O)O)C2(C)C)n1. The number of hydrogen-bond donors (Lipinski definition) is 2. The summed E-state index contributed by atoms with van der Waals surface area (Å²) in [7, 11) is 0. The molecule has 1 aromatic rings. The fraction of sp³-hybridized carbons (Fsp3) is 0.636. The third kappa shape index (κ3) is 2.07. The molecule has 2 rings (SSSR count). The van der Waals surface area contributed by atoms with Crippen LogP contribution in [0.25, 0.3) is 0 Å². The summed E-state index contributed by atoms with van der Waals surface area (Å²) in [6.07, 6.45) is 0. The molecule has 98 valence electrons. The van der Waals surface area contributed by atoms with Crippen LogP contribution in [-0.2, 0) is 16.1 Å². The number of rotatable bonds is 4. The number of nitrogens with zero attached hydrogens (tertiary/aromatic N) is 2. The van der Waals surface area contributed by atoms with Crippen molar-refractivity contribution in [2.24, 2.45) is 17.3 Å². The van der Waals surface area contributed by atoms with Crippen molar-refractivity contribution in [2.45, 2.75) is 27.3 Å². The van der Waals surface area contributed by atoms with E-state index in [4.69, 9.17) is 9.63 Å². The second kappa shape index (κ2) is 4.08. The molecule has 1 saturated carbocycles. The fourth-order valence-electron chi connectivity index (χ4n) is 2.27. The number of amides is 1. The van der Waals surface area contributed by atoms with Gasteiger partial charge < -0.3 is 14.9 Å². The van der Waals surface area contributed by atoms with Crippen LogP contribution >= 0.6 is 0 Å². The Labute approximate surface area is 104 Å². The summed E-state index contributed by atoms with van der Waals surface area (Å²) < 4.78 is 4.85. The summed E-state index contributed by atoms with van der Waals surface area (Å²) in [6.45, 7) is 5.34. The number of aryl methyl sites for hydroxylation is 1. The molecule has 0 unspecified atom stereocenters. The average Bonchev–Trinajstić information content (AvgIpc) is 2.63. The largest absolute Gasteiger partial charge is 0.481 e. The van der Waals surface area contributed by atoms with Gasteiger partial charge in [0.2, 0.25) is 11.8 Å². The molecule has 2 atom stereocenters. The maximum Gasteiger partial charge on any atom is 0.307 e. The van der Waals surface area contributed by atoms with Gasteiger partial charge in [-0.2, -0.15) is 4.98 Å². The van der Waals surface area contributed by atoms with Crippen molar-refractivity contribution in [3.05, 3.63) is 11.7 Å². The van der Waals surface area contributed by atoms with Crippen LogP contribution in [0.4, 0.5) is 0 Å². The van der Waals surface area contributed by atoms with Gasteiger partial charge in [0.1, 0.15) is 0 Å². The minimum atomic E-state index is -0.936. The van der Waals surface area contributed by atoms with E-state index in [1.165, 1.54) is 0 Å². The number of aromatic nitrogens is 2. The monoisotopic (exact) mass is 253 g/mol. The van der Waals surface area contributed by atoms with E-state index in [0.717, 1.165) is 0 Å². The lowest BCUT2D eigenvalue weighted by atomic mass is 10.1. The molecule has 1 aliphatic rings. The minimum absolute atomic E-state index is 0.124. The molecule has 0 bridgehead atoms. The number of carbonyl (C=O) groups is 2. The van der Waals surface area contributed by atoms with Crippen LogP contribution in [0.2, 0.25) is 0 Å². The van der Waals surface area contributed by atoms with Gasteiger partial charge in [0, 0.05) is 0 Å². The Hall–Kier alpha value is -1.92. The van der Waals surface area contributed by atoms with E-state index in [9.17, 15) is 9.59 Å². The van der Waals surface area contributed by atoms with E-state index in [-0.39, 0.29) is 12.5 Å². The molecule has 1 aliphatic carbocycles. The lowest BCUT2D eigenvalue weighted by molar-refractivity contribution is -0.140. The van der Waals surface area contributed by atoms with E-state index >= 15 is 0 Å². The Morgan fingerprint density at radius 2 is 2.11 bits per heavy atom. The summed E-state index contributed by atoms with van der Waals surface area (Å²) in [4.78, 5) is 26.7. The maximum atomic E-state index is 11.9. The Kier molecular flexibility index (Phi) is 2.84. The molecule has 0 aromatic carbocycles. The zero-order chi connectivity index (χ0) is 13.5. The highest BCUT2D eigenvalue weighted by molar-refractivity contribution is 5.91. The Bertz CT molecular complexity index is 494. The van der Waals surface area contributed by atoms with Crippen LogP contribution in [0, 0.1) is 24.2 Å². The molecule has 1 heterocycles. The summed E-state index contributed by atoms with van der Waals surface area (Å²) in [5.41, 5.74) is -0.499.